The molecule has 1 aromatic rings. The van der Waals surface area contributed by atoms with Crippen molar-refractivity contribution in [1.82, 2.24) is 10.3 Å². The second kappa shape index (κ2) is 3.21. The number of hydrogen-bond acceptors (Lipinski definition) is 4. The summed E-state index contributed by atoms with van der Waals surface area (Å²) in [7, 11) is 1.87. The molecule has 1 rings (SSSR count). The summed E-state index contributed by atoms with van der Waals surface area (Å²) in [6.45, 7) is 0.761. The molecule has 0 aromatic carbocycles. The Bertz CT molecular complexity index is 226. The molecule has 0 unspecified atom stereocenters. The van der Waals surface area contributed by atoms with Crippen LogP contribution in [0.25, 0.3) is 0 Å². The Kier molecular flexibility index (Phi) is 2.28. The predicted molar refractivity (Wildman–Crippen MR) is 45.8 cm³/mol. The molecule has 4 nitrogen and oxygen atoms in total. The smallest absolute Gasteiger partial charge is 0.126 e. The summed E-state index contributed by atoms with van der Waals surface area (Å²) in [6, 6.07) is 3.60. The lowest BCUT2D eigenvalue weighted by atomic mass is 10.2. The van der Waals surface area contributed by atoms with Crippen molar-refractivity contribution >= 4 is 11.6 Å². The molecule has 1 heterocycles. The highest BCUT2D eigenvalue weighted by molar-refractivity contribution is 5.43. The number of hydrogen-bond donors (Lipinski definition) is 3. The Morgan fingerprint density at radius 1 is 1.36 bits per heavy atom. The third kappa shape index (κ3) is 2.09. The summed E-state index contributed by atoms with van der Waals surface area (Å²) < 4.78 is 0. The van der Waals surface area contributed by atoms with Crippen LogP contribution in [0.15, 0.2) is 12.1 Å². The molecule has 0 spiro atoms. The molecule has 0 amide bonds. The first-order valence-electron chi connectivity index (χ1n) is 3.39. The van der Waals surface area contributed by atoms with E-state index in [1.165, 1.54) is 0 Å². The second-order valence-electron chi connectivity index (χ2n) is 2.36. The van der Waals surface area contributed by atoms with E-state index in [4.69, 9.17) is 11.5 Å². The molecule has 0 fully saturated rings. The van der Waals surface area contributed by atoms with Crippen LogP contribution in [0.4, 0.5) is 11.6 Å². The minimum atomic E-state index is 0.468. The van der Waals surface area contributed by atoms with E-state index < -0.39 is 0 Å². The summed E-state index contributed by atoms with van der Waals surface area (Å²) in [5.74, 6) is 0.936. The number of nitrogens with zero attached hydrogens (tertiary/aromatic N) is 1. The first-order chi connectivity index (χ1) is 5.22. The van der Waals surface area contributed by atoms with Gasteiger partial charge in [-0.05, 0) is 24.7 Å². The molecule has 11 heavy (non-hydrogen) atoms. The normalized spacial score (nSPS) is 9.91. The van der Waals surface area contributed by atoms with Gasteiger partial charge in [0.1, 0.15) is 11.6 Å². The Hall–Kier alpha value is -1.29. The molecule has 5 N–H and O–H groups in total. The van der Waals surface area contributed by atoms with Gasteiger partial charge in [-0.3, -0.25) is 0 Å². The highest BCUT2D eigenvalue weighted by Crippen LogP contribution is 2.07. The molecule has 0 bridgehead atoms. The van der Waals surface area contributed by atoms with Gasteiger partial charge < -0.3 is 16.8 Å². The SMILES string of the molecule is CNCc1cc(N)nc(N)c1. The molecule has 0 saturated heterocycles. The fraction of sp³-hybridized carbons (Fsp3) is 0.286. The maximum Gasteiger partial charge on any atom is 0.126 e. The summed E-state index contributed by atoms with van der Waals surface area (Å²) in [4.78, 5) is 3.84. The third-order valence-corrected chi connectivity index (χ3v) is 1.31. The number of anilines is 2. The highest BCUT2D eigenvalue weighted by atomic mass is 14.9. The van der Waals surface area contributed by atoms with E-state index in [1.54, 1.807) is 12.1 Å². The van der Waals surface area contributed by atoms with Crippen LogP contribution < -0.4 is 16.8 Å². The summed E-state index contributed by atoms with van der Waals surface area (Å²) in [5.41, 5.74) is 12.0. The van der Waals surface area contributed by atoms with Crippen LogP contribution in [0.5, 0.6) is 0 Å². The lowest BCUT2D eigenvalue weighted by Gasteiger charge is -2.01. The van der Waals surface area contributed by atoms with Crippen LogP contribution in [0.2, 0.25) is 0 Å². The third-order valence-electron chi connectivity index (χ3n) is 1.31. The lowest BCUT2D eigenvalue weighted by molar-refractivity contribution is 0.817. The Morgan fingerprint density at radius 2 is 1.91 bits per heavy atom. The maximum atomic E-state index is 5.47. The molecule has 0 aliphatic heterocycles. The van der Waals surface area contributed by atoms with Gasteiger partial charge in [0.2, 0.25) is 0 Å². The van der Waals surface area contributed by atoms with Gasteiger partial charge in [0.15, 0.2) is 0 Å². The Morgan fingerprint density at radius 3 is 2.36 bits per heavy atom. The zero-order chi connectivity index (χ0) is 8.27. The van der Waals surface area contributed by atoms with E-state index in [2.05, 4.69) is 10.3 Å². The largest absolute Gasteiger partial charge is 0.384 e. The number of nitrogens with one attached hydrogen (secondary N) is 1. The Balaban J connectivity index is 2.89. The molecule has 4 heteroatoms. The van der Waals surface area contributed by atoms with Crippen molar-refractivity contribution in [3.63, 3.8) is 0 Å². The van der Waals surface area contributed by atoms with E-state index >= 15 is 0 Å². The quantitative estimate of drug-likeness (QED) is 0.556. The van der Waals surface area contributed by atoms with Gasteiger partial charge in [-0.2, -0.15) is 0 Å². The van der Waals surface area contributed by atoms with Gasteiger partial charge in [0.25, 0.3) is 0 Å². The molecule has 0 aliphatic rings. The molecular weight excluding hydrogens is 140 g/mol. The first kappa shape index (κ1) is 7.81. The second-order valence-corrected chi connectivity index (χ2v) is 2.36. The van der Waals surface area contributed by atoms with Crippen LogP contribution in [-0.4, -0.2) is 12.0 Å². The average Bonchev–Trinajstić information content (AvgIpc) is 1.85. The van der Waals surface area contributed by atoms with Gasteiger partial charge >= 0.3 is 0 Å². The van der Waals surface area contributed by atoms with E-state index in [9.17, 15) is 0 Å². The summed E-state index contributed by atoms with van der Waals surface area (Å²) in [5, 5.41) is 3.00. The van der Waals surface area contributed by atoms with Crippen molar-refractivity contribution in [2.45, 2.75) is 6.54 Å². The van der Waals surface area contributed by atoms with Crippen molar-refractivity contribution < 1.29 is 0 Å². The average molecular weight is 152 g/mol. The first-order valence-corrected chi connectivity index (χ1v) is 3.39. The summed E-state index contributed by atoms with van der Waals surface area (Å²) in [6.07, 6.45) is 0. The number of nitrogens with two attached hydrogens (primary N) is 2. The van der Waals surface area contributed by atoms with E-state index in [-0.39, 0.29) is 0 Å². The molecule has 1 aromatic heterocycles. The monoisotopic (exact) mass is 152 g/mol. The molecule has 0 radical (unpaired) electrons. The number of rotatable bonds is 2. The van der Waals surface area contributed by atoms with E-state index in [0.29, 0.717) is 11.6 Å². The minimum absolute atomic E-state index is 0.468. The lowest BCUT2D eigenvalue weighted by Crippen LogP contribution is -2.07. The van der Waals surface area contributed by atoms with Gasteiger partial charge in [0, 0.05) is 6.54 Å². The minimum Gasteiger partial charge on any atom is -0.384 e. The van der Waals surface area contributed by atoms with Gasteiger partial charge in [-0.25, -0.2) is 4.98 Å². The van der Waals surface area contributed by atoms with E-state index in [1.807, 2.05) is 7.05 Å². The van der Waals surface area contributed by atoms with E-state index in [0.717, 1.165) is 12.1 Å². The van der Waals surface area contributed by atoms with Gasteiger partial charge in [0.05, 0.1) is 0 Å². The van der Waals surface area contributed by atoms with Gasteiger partial charge in [-0.15, -0.1) is 0 Å². The molecule has 60 valence electrons. The standard InChI is InChI=1S/C7H12N4/c1-10-4-5-2-6(8)11-7(9)3-5/h2-3,10H,4H2,1H3,(H4,8,9,11). The van der Waals surface area contributed by atoms with Crippen LogP contribution in [0.3, 0.4) is 0 Å². The van der Waals surface area contributed by atoms with Crippen molar-refractivity contribution in [3.05, 3.63) is 17.7 Å². The molecular formula is C7H12N4. The van der Waals surface area contributed by atoms with Crippen molar-refractivity contribution in [1.29, 1.82) is 0 Å². The van der Waals surface area contributed by atoms with Crippen LogP contribution in [0.1, 0.15) is 5.56 Å². The number of aromatic nitrogens is 1. The maximum absolute atomic E-state index is 5.47. The highest BCUT2D eigenvalue weighted by Gasteiger charge is 1.95. The topological polar surface area (TPSA) is 77.0 Å². The van der Waals surface area contributed by atoms with Crippen LogP contribution in [0, 0.1) is 0 Å². The number of nitrogen functional groups attached to an aromatic ring is 2. The fourth-order valence-corrected chi connectivity index (χ4v) is 0.941. The van der Waals surface area contributed by atoms with Crippen molar-refractivity contribution in [2.24, 2.45) is 0 Å². The molecule has 0 atom stereocenters. The predicted octanol–water partition coefficient (Wildman–Crippen LogP) is -0.0346. The zero-order valence-corrected chi connectivity index (χ0v) is 6.46. The van der Waals surface area contributed by atoms with Gasteiger partial charge in [-0.1, -0.05) is 0 Å². The molecule has 0 saturated carbocycles. The van der Waals surface area contributed by atoms with Crippen molar-refractivity contribution in [3.8, 4) is 0 Å². The number of pyridine rings is 1. The fourth-order valence-electron chi connectivity index (χ4n) is 0.941. The molecule has 0 aliphatic carbocycles. The Labute approximate surface area is 65.6 Å². The zero-order valence-electron chi connectivity index (χ0n) is 6.46. The summed E-state index contributed by atoms with van der Waals surface area (Å²) >= 11 is 0. The van der Waals surface area contributed by atoms with Crippen LogP contribution >= 0.6 is 0 Å². The van der Waals surface area contributed by atoms with Crippen molar-refractivity contribution in [2.75, 3.05) is 18.5 Å². The van der Waals surface area contributed by atoms with Crippen LogP contribution in [-0.2, 0) is 6.54 Å².